The monoisotopic (exact) mass is 275 g/mol. The highest BCUT2D eigenvalue weighted by atomic mass is 16.1. The number of primary amides is 1. The van der Waals surface area contributed by atoms with Crippen LogP contribution in [0.15, 0.2) is 6.20 Å². The molecule has 2 fully saturated rings. The van der Waals surface area contributed by atoms with E-state index >= 15 is 0 Å². The van der Waals surface area contributed by atoms with Gasteiger partial charge in [-0.1, -0.05) is 19.3 Å². The van der Waals surface area contributed by atoms with Crippen LogP contribution in [-0.4, -0.2) is 40.0 Å². The minimum Gasteiger partial charge on any atom is -0.363 e. The van der Waals surface area contributed by atoms with Crippen molar-refractivity contribution in [3.8, 4) is 0 Å². The van der Waals surface area contributed by atoms with Gasteiger partial charge >= 0.3 is 0 Å². The van der Waals surface area contributed by atoms with Gasteiger partial charge in [0, 0.05) is 25.8 Å². The highest BCUT2D eigenvalue weighted by Gasteiger charge is 2.30. The molecule has 1 aromatic heterocycles. The molecule has 0 spiro atoms. The van der Waals surface area contributed by atoms with Crippen molar-refractivity contribution in [3.05, 3.63) is 18.2 Å². The molecule has 2 atom stereocenters. The number of carbonyl (C=O) groups is 1. The first kappa shape index (κ1) is 13.6. The highest BCUT2D eigenvalue weighted by molar-refractivity contribution is 5.89. The predicted molar refractivity (Wildman–Crippen MR) is 76.1 cm³/mol. The van der Waals surface area contributed by atoms with E-state index in [0.29, 0.717) is 5.82 Å². The largest absolute Gasteiger partial charge is 0.363 e. The standard InChI is InChI=1S/C15H23N4O/c16-14(20)15-17-6-8-19(15)10-9-18-7-5-12-3-1-2-4-13(12)11-18/h8,12-13H,1-5,7,9-11H2,(H2,16,20). The fourth-order valence-corrected chi connectivity index (χ4v) is 3.78. The van der Waals surface area contributed by atoms with Gasteiger partial charge in [-0.2, -0.15) is 0 Å². The second-order valence-electron chi connectivity index (χ2n) is 6.15. The van der Waals surface area contributed by atoms with Crippen LogP contribution in [0.3, 0.4) is 0 Å². The minimum absolute atomic E-state index is 0.317. The summed E-state index contributed by atoms with van der Waals surface area (Å²) in [6.07, 6.45) is 11.4. The maximum atomic E-state index is 11.2. The summed E-state index contributed by atoms with van der Waals surface area (Å²) in [5.41, 5.74) is 5.30. The first-order valence-corrected chi connectivity index (χ1v) is 7.69. The number of carbonyl (C=O) groups excluding carboxylic acids is 1. The van der Waals surface area contributed by atoms with Gasteiger partial charge in [0.25, 0.3) is 5.91 Å². The van der Waals surface area contributed by atoms with Crippen molar-refractivity contribution in [2.75, 3.05) is 19.6 Å². The van der Waals surface area contributed by atoms with Gasteiger partial charge in [0.2, 0.25) is 0 Å². The zero-order valence-corrected chi connectivity index (χ0v) is 11.9. The Hall–Kier alpha value is -1.36. The zero-order chi connectivity index (χ0) is 13.9. The first-order chi connectivity index (χ1) is 9.74. The van der Waals surface area contributed by atoms with Gasteiger partial charge < -0.3 is 15.2 Å². The number of hydrogen-bond donors (Lipinski definition) is 1. The Balaban J connectivity index is 1.54. The van der Waals surface area contributed by atoms with Gasteiger partial charge in [0.1, 0.15) is 6.20 Å². The van der Waals surface area contributed by atoms with Gasteiger partial charge in [-0.15, -0.1) is 0 Å². The van der Waals surface area contributed by atoms with Crippen molar-refractivity contribution in [1.82, 2.24) is 14.5 Å². The van der Waals surface area contributed by atoms with E-state index in [-0.39, 0.29) is 0 Å². The van der Waals surface area contributed by atoms with Crippen molar-refractivity contribution in [1.29, 1.82) is 0 Å². The van der Waals surface area contributed by atoms with Crippen molar-refractivity contribution >= 4 is 5.91 Å². The van der Waals surface area contributed by atoms with Crippen LogP contribution in [0.25, 0.3) is 0 Å². The molecule has 20 heavy (non-hydrogen) atoms. The number of rotatable bonds is 4. The fourth-order valence-electron chi connectivity index (χ4n) is 3.78. The van der Waals surface area contributed by atoms with Gasteiger partial charge in [-0.25, -0.2) is 4.98 Å². The van der Waals surface area contributed by atoms with E-state index in [2.05, 4.69) is 16.1 Å². The van der Waals surface area contributed by atoms with Crippen LogP contribution < -0.4 is 5.73 Å². The van der Waals surface area contributed by atoms with E-state index in [4.69, 9.17) is 5.73 Å². The number of aromatic nitrogens is 2. The quantitative estimate of drug-likeness (QED) is 0.900. The number of fused-ring (bicyclic) bond motifs is 1. The molecule has 1 saturated heterocycles. The molecular formula is C15H23N4O. The Morgan fingerprint density at radius 1 is 1.30 bits per heavy atom. The molecule has 1 aromatic rings. The topological polar surface area (TPSA) is 64.2 Å². The number of amides is 1. The van der Waals surface area contributed by atoms with E-state index in [1.165, 1.54) is 45.2 Å². The van der Waals surface area contributed by atoms with Crippen molar-refractivity contribution in [3.63, 3.8) is 0 Å². The summed E-state index contributed by atoms with van der Waals surface area (Å²) >= 11 is 0. The molecular weight excluding hydrogens is 252 g/mol. The molecule has 1 saturated carbocycles. The van der Waals surface area contributed by atoms with Gasteiger partial charge in [-0.05, 0) is 31.2 Å². The maximum Gasteiger partial charge on any atom is 0.284 e. The number of likely N-dealkylation sites (tertiary alicyclic amines) is 1. The minimum atomic E-state index is -0.475. The summed E-state index contributed by atoms with van der Waals surface area (Å²) in [5, 5.41) is 0. The number of nitrogens with zero attached hydrogens (tertiary/aromatic N) is 3. The van der Waals surface area contributed by atoms with E-state index < -0.39 is 5.91 Å². The Morgan fingerprint density at radius 3 is 2.90 bits per heavy atom. The van der Waals surface area contributed by atoms with Crippen LogP contribution in [0, 0.1) is 18.0 Å². The zero-order valence-electron chi connectivity index (χ0n) is 11.9. The molecule has 1 aliphatic carbocycles. The number of hydrogen-bond acceptors (Lipinski definition) is 3. The summed E-state index contributed by atoms with van der Waals surface area (Å²) in [7, 11) is 0. The molecule has 2 heterocycles. The lowest BCUT2D eigenvalue weighted by atomic mass is 9.75. The maximum absolute atomic E-state index is 11.2. The molecule has 109 valence electrons. The van der Waals surface area contributed by atoms with Crippen LogP contribution >= 0.6 is 0 Å². The number of nitrogens with two attached hydrogens (primary N) is 1. The normalized spacial score (nSPS) is 27.2. The van der Waals surface area contributed by atoms with E-state index in [0.717, 1.165) is 24.9 Å². The van der Waals surface area contributed by atoms with Crippen molar-refractivity contribution in [2.24, 2.45) is 17.6 Å². The van der Waals surface area contributed by atoms with E-state index in [1.807, 2.05) is 4.57 Å². The van der Waals surface area contributed by atoms with Gasteiger partial charge in [0.15, 0.2) is 5.82 Å². The summed E-state index contributed by atoms with van der Waals surface area (Å²) in [4.78, 5) is 17.6. The molecule has 5 nitrogen and oxygen atoms in total. The lowest BCUT2D eigenvalue weighted by molar-refractivity contribution is 0.0838. The Kier molecular flexibility index (Phi) is 4.05. The molecule has 3 rings (SSSR count). The molecule has 0 aromatic carbocycles. The molecule has 1 radical (unpaired) electrons. The first-order valence-electron chi connectivity index (χ1n) is 7.69. The summed E-state index contributed by atoms with van der Waals surface area (Å²) in [6, 6.07) is 0. The summed E-state index contributed by atoms with van der Waals surface area (Å²) < 4.78 is 1.81. The molecule has 1 amide bonds. The van der Waals surface area contributed by atoms with E-state index in [9.17, 15) is 4.79 Å². The van der Waals surface area contributed by atoms with Gasteiger partial charge in [0.05, 0.1) is 0 Å². The number of piperidine rings is 1. The Bertz CT molecular complexity index is 470. The van der Waals surface area contributed by atoms with Crippen LogP contribution in [-0.2, 0) is 6.54 Å². The third kappa shape index (κ3) is 2.87. The third-order valence-corrected chi connectivity index (χ3v) is 4.91. The Morgan fingerprint density at radius 2 is 2.10 bits per heavy atom. The second-order valence-corrected chi connectivity index (χ2v) is 6.15. The van der Waals surface area contributed by atoms with E-state index in [1.54, 1.807) is 6.20 Å². The van der Waals surface area contributed by atoms with Gasteiger partial charge in [-0.3, -0.25) is 4.79 Å². The molecule has 2 aliphatic rings. The lowest BCUT2D eigenvalue weighted by Gasteiger charge is -2.41. The molecule has 2 unspecified atom stereocenters. The molecule has 1 aliphatic heterocycles. The highest BCUT2D eigenvalue weighted by Crippen LogP contribution is 2.35. The summed E-state index contributed by atoms with van der Waals surface area (Å²) in [6.45, 7) is 4.14. The van der Waals surface area contributed by atoms with Crippen LogP contribution in [0.5, 0.6) is 0 Å². The van der Waals surface area contributed by atoms with Crippen molar-refractivity contribution < 1.29 is 4.79 Å². The Labute approximate surface area is 120 Å². The third-order valence-electron chi connectivity index (χ3n) is 4.91. The SMILES string of the molecule is NC(=O)c1n[c]cn1CCN1CCC2CCCCC2C1. The molecule has 2 N–H and O–H groups in total. The molecule has 5 heteroatoms. The lowest BCUT2D eigenvalue weighted by Crippen LogP contribution is -2.43. The molecule has 0 bridgehead atoms. The second kappa shape index (κ2) is 5.95. The number of imidazole rings is 1. The van der Waals surface area contributed by atoms with Crippen LogP contribution in [0.2, 0.25) is 0 Å². The average molecular weight is 275 g/mol. The van der Waals surface area contributed by atoms with Crippen LogP contribution in [0.4, 0.5) is 0 Å². The average Bonchev–Trinajstić information content (AvgIpc) is 2.93. The van der Waals surface area contributed by atoms with Crippen LogP contribution in [0.1, 0.15) is 42.7 Å². The smallest absolute Gasteiger partial charge is 0.284 e. The van der Waals surface area contributed by atoms with Crippen molar-refractivity contribution in [2.45, 2.75) is 38.6 Å². The summed E-state index contributed by atoms with van der Waals surface area (Å²) in [5.74, 6) is 1.69. The predicted octanol–water partition coefficient (Wildman–Crippen LogP) is 1.29. The fraction of sp³-hybridized carbons (Fsp3) is 0.733.